The molecule has 2 aliphatic heterocycles. The van der Waals surface area contributed by atoms with Crippen molar-refractivity contribution in [2.24, 2.45) is 0 Å². The van der Waals surface area contributed by atoms with Crippen LogP contribution in [0.25, 0.3) is 21.5 Å². The van der Waals surface area contributed by atoms with Crippen molar-refractivity contribution >= 4 is 220 Å². The second-order valence-corrected chi connectivity index (χ2v) is 48.0. The number of hydrogen-bond donors (Lipinski definition) is 4. The van der Waals surface area contributed by atoms with E-state index in [-0.39, 0.29) is 72.7 Å². The highest BCUT2D eigenvalue weighted by molar-refractivity contribution is 8.78. The number of halogens is 4. The largest absolute Gasteiger partial charge is 0.478 e. The molecule has 6 heterocycles. The van der Waals surface area contributed by atoms with Gasteiger partial charge in [0.15, 0.2) is 17.5 Å². The van der Waals surface area contributed by atoms with E-state index < -0.39 is 42.9 Å². The lowest BCUT2D eigenvalue weighted by Crippen LogP contribution is -2.43. The summed E-state index contributed by atoms with van der Waals surface area (Å²) >= 11 is 9.50. The Kier molecular flexibility index (Phi) is 32.4. The molecule has 1 amide bonds. The topological polar surface area (TPSA) is 223 Å². The maximum Gasteiger partial charge on any atom is 0.338 e. The lowest BCUT2D eigenvalue weighted by molar-refractivity contribution is 0.0593. The summed E-state index contributed by atoms with van der Waals surface area (Å²) in [5, 5.41) is 43.5. The van der Waals surface area contributed by atoms with Gasteiger partial charge in [-0.2, -0.15) is 23.7 Å². The van der Waals surface area contributed by atoms with Crippen LogP contribution in [-0.4, -0.2) is 84.9 Å². The number of benzene rings is 4. The molecular weight excluding hydrogens is 1540 g/mol. The molecule has 2 aliphatic rings. The molecule has 0 saturated carbocycles. The minimum absolute atomic E-state index is 0. The van der Waals surface area contributed by atoms with Gasteiger partial charge in [0.1, 0.15) is 30.8 Å². The van der Waals surface area contributed by atoms with Crippen molar-refractivity contribution in [3.63, 3.8) is 0 Å². The van der Waals surface area contributed by atoms with Crippen LogP contribution < -0.4 is 16.4 Å². The quantitative estimate of drug-likeness (QED) is 0.114. The molecule has 0 radical (unpaired) electrons. The summed E-state index contributed by atoms with van der Waals surface area (Å²) in [5.74, 6) is -1.25. The predicted octanol–water partition coefficient (Wildman–Crippen LogP) is 6.88. The Morgan fingerprint density at radius 3 is 1.42 bits per heavy atom. The van der Waals surface area contributed by atoms with Crippen LogP contribution in [0.1, 0.15) is 118 Å². The van der Waals surface area contributed by atoms with Gasteiger partial charge in [0, 0.05) is 216 Å². The van der Waals surface area contributed by atoms with Crippen LogP contribution in [0.5, 0.6) is 0 Å². The summed E-state index contributed by atoms with van der Waals surface area (Å²) in [4.78, 5) is 49.7. The van der Waals surface area contributed by atoms with Crippen molar-refractivity contribution in [1.29, 1.82) is 0 Å². The number of aromatic amines is 2. The molecule has 4 aromatic heterocycles. The third-order valence-electron chi connectivity index (χ3n) is 12.6. The van der Waals surface area contributed by atoms with Crippen molar-refractivity contribution < 1.29 is 32.3 Å². The number of carbonyl (C=O) groups is 2. The smallest absolute Gasteiger partial charge is 0.338 e. The van der Waals surface area contributed by atoms with Crippen molar-refractivity contribution in [2.45, 2.75) is 78.1 Å². The van der Waals surface area contributed by atoms with Gasteiger partial charge in [0.05, 0.1) is 51.4 Å². The molecule has 0 fully saturated rings. The van der Waals surface area contributed by atoms with E-state index in [9.17, 15) is 36.7 Å². The fraction of sp³-hybridized carbons (Fsp3) is 0.292. The fourth-order valence-electron chi connectivity index (χ4n) is 8.87. The molecule has 4 aromatic carbocycles. The minimum Gasteiger partial charge on any atom is -0.478 e. The third-order valence-corrected chi connectivity index (χ3v) is 48.2. The van der Waals surface area contributed by atoms with Gasteiger partial charge in [-0.15, -0.1) is 20.4 Å². The number of H-pyrrole nitrogens is 2. The highest BCUT2D eigenvalue weighted by atomic mass is 33.5. The number of carbonyl (C=O) groups excluding carboxylic acids is 1. The van der Waals surface area contributed by atoms with Crippen molar-refractivity contribution in [3.8, 4) is 0 Å². The van der Waals surface area contributed by atoms with E-state index in [4.69, 9.17) is 27.5 Å². The molecule has 4 atom stereocenters. The van der Waals surface area contributed by atoms with Crippen molar-refractivity contribution in [1.82, 2.24) is 60.1 Å². The molecule has 89 heavy (non-hydrogen) atoms. The lowest BCUT2D eigenvalue weighted by Gasteiger charge is -2.37. The van der Waals surface area contributed by atoms with Gasteiger partial charge in [0.25, 0.3) is 17.0 Å². The summed E-state index contributed by atoms with van der Waals surface area (Å²) in [6, 6.07) is 22.1. The van der Waals surface area contributed by atoms with Crippen LogP contribution in [0.4, 0.5) is 17.6 Å². The van der Waals surface area contributed by atoms with Crippen LogP contribution in [0.2, 0.25) is 0 Å². The Hall–Kier alpha value is -3.41. The number of fused-ring (bicyclic) bond motifs is 4. The maximum atomic E-state index is 14.8. The number of nitrogens with one attached hydrogen (secondary N) is 3. The number of carboxylic acids is 1. The van der Waals surface area contributed by atoms with Gasteiger partial charge in [-0.25, -0.2) is 32.6 Å². The van der Waals surface area contributed by atoms with Crippen molar-refractivity contribution in [2.75, 3.05) is 13.1 Å². The van der Waals surface area contributed by atoms with Crippen LogP contribution in [0.3, 0.4) is 0 Å². The first-order valence-corrected chi connectivity index (χ1v) is 48.9. The zero-order valence-corrected chi connectivity index (χ0v) is 62.5. The third kappa shape index (κ3) is 21.0. The monoisotopic (exact) mass is 1590 g/mol. The molecule has 17 nitrogen and oxygen atoms in total. The standard InChI is InChI=1S/C24H22F2N6O2.C16H11FN2O3.C8H13FN4.S19.H2S/c1-13-12-31(14(2)22-29-28-21(11-25)32(13)22)24(34)18-9-15(7-8-19(18)26)10-20-16-5-3-4-6-17(16)23(33)30-27-20;17-13-6-5-9(7-12(13)16(21)22)8-14-10-3-1-2-4-11(10)15(20)19-18-14;1-5-4-10-6(2)8-12-11-7(3-9)13(5)8;1-3-5-7-9-11-13-15-17-19-18-16-14-12-10-8-6-4-2;/h3-9,13-14H,10-12H2,1-2H3,(H,30,33);1-7H,8H2,(H,19,20)(H,21,22);5-6,10H,3-4H2,1-2H3;;1H2. The molecule has 8 aromatic rings. The van der Waals surface area contributed by atoms with E-state index in [0.717, 1.165) is 18.4 Å². The predicted molar refractivity (Wildman–Crippen MR) is 395 cm³/mol. The highest BCUT2D eigenvalue weighted by Gasteiger charge is 2.36. The van der Waals surface area contributed by atoms with Gasteiger partial charge in [-0.05, 0) is 75.2 Å². The number of aromatic nitrogens is 10. The van der Waals surface area contributed by atoms with E-state index in [2.05, 4.69) is 46.1 Å². The van der Waals surface area contributed by atoms with E-state index in [1.54, 1.807) is 193 Å². The normalized spacial score (nSPS) is 15.0. The van der Waals surface area contributed by atoms with Crippen LogP contribution >= 0.6 is 13.5 Å². The summed E-state index contributed by atoms with van der Waals surface area (Å²) < 4.78 is 57.6. The number of nitrogens with zero attached hydrogens (tertiary/aromatic N) is 9. The lowest BCUT2D eigenvalue weighted by atomic mass is 10.0. The van der Waals surface area contributed by atoms with Gasteiger partial charge >= 0.3 is 5.97 Å². The first-order valence-electron chi connectivity index (χ1n) is 24.9. The Morgan fingerprint density at radius 2 is 0.978 bits per heavy atom. The summed E-state index contributed by atoms with van der Waals surface area (Å²) in [7, 11) is 29.0. The number of hydrogen-bond acceptors (Lipinski definition) is 13. The molecule has 478 valence electrons. The maximum absolute atomic E-state index is 14.8. The zero-order valence-electron chi connectivity index (χ0n) is 46.0. The van der Waals surface area contributed by atoms with Crippen LogP contribution in [0.15, 0.2) is 94.5 Å². The fourth-order valence-corrected chi connectivity index (χ4v) is 50.0. The number of amides is 1. The second kappa shape index (κ2) is 38.7. The first kappa shape index (κ1) is 74.6. The summed E-state index contributed by atoms with van der Waals surface area (Å²) in [6.07, 6.45) is 0.593. The van der Waals surface area contributed by atoms with Gasteiger partial charge in [-0.1, -0.05) is 48.5 Å². The average molecular weight is 1590 g/mol. The molecule has 0 spiro atoms. The SMILES string of the molecule is CC1NCC(C)n2c(CF)nnc21.CC1c2nnc(CF)n2C(C)CN1C(=O)c1cc(Cc2n[nH]c(=O)c3ccccc23)ccc1F.O=C(O)c1cc(Cc2n[nH]c(=O)c3ccccc23)ccc1F.S.S=S=S=S=S=S=S=S=S=S=S=S=S=S=S=S=S=S=S. The number of aromatic carboxylic acids is 1. The zero-order chi connectivity index (χ0) is 63.1. The number of carboxylic acid groups (broad SMARTS) is 1. The van der Waals surface area contributed by atoms with E-state index in [1.807, 2.05) is 31.4 Å². The molecular formula is C48H48F4N12O5S20. The second-order valence-electron chi connectivity index (χ2n) is 18.0. The highest BCUT2D eigenvalue weighted by Crippen LogP contribution is 2.33. The van der Waals surface area contributed by atoms with Crippen molar-refractivity contribution in [3.05, 3.63) is 174 Å². The molecule has 0 aliphatic carbocycles. The molecule has 41 heteroatoms. The Bertz CT molecular complexity index is 4820. The van der Waals surface area contributed by atoms with Gasteiger partial charge in [-0.3, -0.25) is 14.4 Å². The van der Waals surface area contributed by atoms with Crippen LogP contribution in [0, 0.1) is 11.6 Å². The Balaban J connectivity index is 0.000000200. The number of rotatable bonds is 8. The molecule has 4 unspecified atom stereocenters. The summed E-state index contributed by atoms with van der Waals surface area (Å²) in [6.45, 7) is 7.49. The van der Waals surface area contributed by atoms with Gasteiger partial charge < -0.3 is 24.5 Å². The Morgan fingerprint density at radius 1 is 0.573 bits per heavy atom. The molecule has 10 rings (SSSR count). The van der Waals surface area contributed by atoms with E-state index in [0.29, 0.717) is 62.1 Å². The van der Waals surface area contributed by atoms with E-state index >= 15 is 0 Å². The average Bonchev–Trinajstić information content (AvgIpc) is 2.12. The molecule has 0 bridgehead atoms. The van der Waals surface area contributed by atoms with Gasteiger partial charge in [0.2, 0.25) is 0 Å². The Labute approximate surface area is 571 Å². The summed E-state index contributed by atoms with van der Waals surface area (Å²) in [5.41, 5.74) is 1.47. The first-order chi connectivity index (χ1) is 42.6. The molecule has 0 saturated heterocycles. The van der Waals surface area contributed by atoms with Crippen LogP contribution in [-0.2, 0) is 200 Å². The molecule has 4 N–H and O–H groups in total. The minimum atomic E-state index is -1.32. The van der Waals surface area contributed by atoms with E-state index in [1.165, 1.54) is 46.9 Å². The number of alkyl halides is 2.